The Labute approximate surface area is 125 Å². The summed E-state index contributed by atoms with van der Waals surface area (Å²) in [6.45, 7) is 4.24. The topological polar surface area (TPSA) is 96.5 Å². The van der Waals surface area contributed by atoms with Gasteiger partial charge in [0.15, 0.2) is 0 Å². The van der Waals surface area contributed by atoms with E-state index in [-0.39, 0.29) is 29.4 Å². The molecule has 1 aliphatic heterocycles. The fourth-order valence-electron chi connectivity index (χ4n) is 2.12. The lowest BCUT2D eigenvalue weighted by Gasteiger charge is -2.29. The van der Waals surface area contributed by atoms with Gasteiger partial charge in [-0.1, -0.05) is 13.8 Å². The standard InChI is InChI=1S/C12H17N3O3S2/c1-6(2)11-15(8(5-20-11)12(17)18)10(16)7-4-19-9(3-13)14-7/h4,6,8,11H,3,5,13H2,1-2H3,(H,17,18). The summed E-state index contributed by atoms with van der Waals surface area (Å²) in [5.74, 6) is -0.695. The van der Waals surface area contributed by atoms with E-state index in [0.717, 1.165) is 0 Å². The third kappa shape index (κ3) is 2.82. The predicted octanol–water partition coefficient (Wildman–Crippen LogP) is 1.23. The van der Waals surface area contributed by atoms with E-state index in [1.807, 2.05) is 13.8 Å². The van der Waals surface area contributed by atoms with Crippen molar-refractivity contribution >= 4 is 35.0 Å². The number of carbonyl (C=O) groups is 2. The van der Waals surface area contributed by atoms with Gasteiger partial charge in [-0.05, 0) is 5.92 Å². The first-order chi connectivity index (χ1) is 9.45. The third-order valence-corrected chi connectivity index (χ3v) is 5.56. The normalized spacial score (nSPS) is 22.5. The molecule has 1 aromatic heterocycles. The Morgan fingerprint density at radius 3 is 2.80 bits per heavy atom. The molecule has 0 spiro atoms. The van der Waals surface area contributed by atoms with E-state index in [4.69, 9.17) is 5.73 Å². The first-order valence-electron chi connectivity index (χ1n) is 6.27. The number of aliphatic carboxylic acids is 1. The van der Waals surface area contributed by atoms with Gasteiger partial charge < -0.3 is 15.7 Å². The lowest BCUT2D eigenvalue weighted by molar-refractivity contribution is -0.141. The molecule has 0 bridgehead atoms. The van der Waals surface area contributed by atoms with Gasteiger partial charge in [-0.3, -0.25) is 4.79 Å². The molecule has 20 heavy (non-hydrogen) atoms. The number of amides is 1. The Morgan fingerprint density at radius 2 is 2.30 bits per heavy atom. The summed E-state index contributed by atoms with van der Waals surface area (Å²) in [4.78, 5) is 29.5. The summed E-state index contributed by atoms with van der Waals surface area (Å²) in [6, 6.07) is -0.789. The monoisotopic (exact) mass is 315 g/mol. The molecule has 0 aromatic carbocycles. The van der Waals surface area contributed by atoms with Crippen molar-refractivity contribution in [3.63, 3.8) is 0 Å². The van der Waals surface area contributed by atoms with Gasteiger partial charge in [0.25, 0.3) is 5.91 Å². The number of nitrogens with zero attached hydrogens (tertiary/aromatic N) is 2. The number of nitrogens with two attached hydrogens (primary N) is 1. The summed E-state index contributed by atoms with van der Waals surface area (Å²) >= 11 is 2.82. The molecule has 1 aromatic rings. The van der Waals surface area contributed by atoms with Crippen LogP contribution in [0, 0.1) is 5.92 Å². The molecule has 2 unspecified atom stereocenters. The van der Waals surface area contributed by atoms with Crippen molar-refractivity contribution in [2.24, 2.45) is 11.7 Å². The number of thiazole rings is 1. The second-order valence-corrected chi connectivity index (χ2v) is 6.96. The Balaban J connectivity index is 2.29. The number of thioether (sulfide) groups is 1. The van der Waals surface area contributed by atoms with Crippen molar-refractivity contribution in [2.75, 3.05) is 5.75 Å². The van der Waals surface area contributed by atoms with Gasteiger partial charge in [0.2, 0.25) is 0 Å². The molecule has 6 nitrogen and oxygen atoms in total. The van der Waals surface area contributed by atoms with Gasteiger partial charge in [0.1, 0.15) is 16.7 Å². The minimum Gasteiger partial charge on any atom is -0.480 e. The van der Waals surface area contributed by atoms with Crippen LogP contribution in [0.1, 0.15) is 29.3 Å². The molecule has 3 N–H and O–H groups in total. The van der Waals surface area contributed by atoms with Gasteiger partial charge in [0.05, 0.1) is 5.37 Å². The number of carboxylic acid groups (broad SMARTS) is 1. The van der Waals surface area contributed by atoms with Gasteiger partial charge in [0, 0.05) is 17.7 Å². The van der Waals surface area contributed by atoms with E-state index in [0.29, 0.717) is 10.8 Å². The zero-order valence-corrected chi connectivity index (χ0v) is 12.9. The Morgan fingerprint density at radius 1 is 1.60 bits per heavy atom. The van der Waals surface area contributed by atoms with Gasteiger partial charge in [-0.2, -0.15) is 0 Å². The molecule has 0 saturated carbocycles. The van der Waals surface area contributed by atoms with Crippen LogP contribution in [0.5, 0.6) is 0 Å². The van der Waals surface area contributed by atoms with Crippen LogP contribution in [0.15, 0.2) is 5.38 Å². The fraction of sp³-hybridized carbons (Fsp3) is 0.583. The molecule has 1 aliphatic rings. The van der Waals surface area contributed by atoms with Crippen LogP contribution in [-0.2, 0) is 11.3 Å². The number of carboxylic acids is 1. The number of rotatable bonds is 4. The van der Waals surface area contributed by atoms with E-state index < -0.39 is 12.0 Å². The highest BCUT2D eigenvalue weighted by molar-refractivity contribution is 8.00. The molecular formula is C12H17N3O3S2. The van der Waals surface area contributed by atoms with Crippen molar-refractivity contribution in [1.82, 2.24) is 9.88 Å². The third-order valence-electron chi connectivity index (χ3n) is 3.07. The molecule has 2 heterocycles. The maximum atomic E-state index is 12.6. The average molecular weight is 315 g/mol. The molecule has 1 saturated heterocycles. The zero-order chi connectivity index (χ0) is 14.9. The van der Waals surface area contributed by atoms with Crippen molar-refractivity contribution in [3.8, 4) is 0 Å². The maximum absolute atomic E-state index is 12.6. The first-order valence-corrected chi connectivity index (χ1v) is 8.20. The Hall–Kier alpha value is -1.12. The van der Waals surface area contributed by atoms with E-state index in [9.17, 15) is 14.7 Å². The summed E-state index contributed by atoms with van der Waals surface area (Å²) < 4.78 is 0. The Bertz CT molecular complexity index is 518. The molecule has 2 atom stereocenters. The number of carbonyl (C=O) groups excluding carboxylic acids is 1. The van der Waals surface area contributed by atoms with Crippen LogP contribution >= 0.6 is 23.1 Å². The Kier molecular flexibility index (Phi) is 4.66. The number of hydrogen-bond donors (Lipinski definition) is 2. The molecule has 1 fully saturated rings. The van der Waals surface area contributed by atoms with Crippen LogP contribution in [0.4, 0.5) is 0 Å². The van der Waals surface area contributed by atoms with Crippen LogP contribution in [0.25, 0.3) is 0 Å². The van der Waals surface area contributed by atoms with Gasteiger partial charge in [-0.15, -0.1) is 23.1 Å². The van der Waals surface area contributed by atoms with E-state index in [1.54, 1.807) is 5.38 Å². The summed E-state index contributed by atoms with van der Waals surface area (Å²) in [6.07, 6.45) is 0. The molecule has 0 aliphatic carbocycles. The molecule has 1 amide bonds. The predicted molar refractivity (Wildman–Crippen MR) is 78.7 cm³/mol. The van der Waals surface area contributed by atoms with E-state index in [2.05, 4.69) is 4.98 Å². The highest BCUT2D eigenvalue weighted by Gasteiger charge is 2.43. The van der Waals surface area contributed by atoms with Crippen LogP contribution in [-0.4, -0.2) is 44.0 Å². The van der Waals surface area contributed by atoms with Crippen LogP contribution < -0.4 is 5.73 Å². The number of aromatic nitrogens is 1. The molecule has 0 radical (unpaired) electrons. The molecular weight excluding hydrogens is 298 g/mol. The smallest absolute Gasteiger partial charge is 0.327 e. The average Bonchev–Trinajstić information content (AvgIpc) is 3.04. The highest BCUT2D eigenvalue weighted by atomic mass is 32.2. The summed E-state index contributed by atoms with van der Waals surface area (Å²) in [5, 5.41) is 11.5. The van der Waals surface area contributed by atoms with E-state index >= 15 is 0 Å². The van der Waals surface area contributed by atoms with E-state index in [1.165, 1.54) is 28.0 Å². The van der Waals surface area contributed by atoms with Crippen molar-refractivity contribution in [1.29, 1.82) is 0 Å². The zero-order valence-electron chi connectivity index (χ0n) is 11.3. The maximum Gasteiger partial charge on any atom is 0.327 e. The van der Waals surface area contributed by atoms with Gasteiger partial charge >= 0.3 is 5.97 Å². The first kappa shape index (κ1) is 15.3. The van der Waals surface area contributed by atoms with Crippen LogP contribution in [0.2, 0.25) is 0 Å². The molecule has 110 valence electrons. The molecule has 8 heteroatoms. The molecule has 2 rings (SSSR count). The summed E-state index contributed by atoms with van der Waals surface area (Å²) in [5.41, 5.74) is 5.78. The summed E-state index contributed by atoms with van der Waals surface area (Å²) in [7, 11) is 0. The lowest BCUT2D eigenvalue weighted by atomic mass is 10.1. The lowest BCUT2D eigenvalue weighted by Crippen LogP contribution is -2.47. The second kappa shape index (κ2) is 6.11. The largest absolute Gasteiger partial charge is 0.480 e. The van der Waals surface area contributed by atoms with Gasteiger partial charge in [-0.25, -0.2) is 9.78 Å². The minimum atomic E-state index is -0.969. The highest BCUT2D eigenvalue weighted by Crippen LogP contribution is 2.35. The fourth-order valence-corrected chi connectivity index (χ4v) is 4.24. The van der Waals surface area contributed by atoms with Crippen LogP contribution in [0.3, 0.4) is 0 Å². The quantitative estimate of drug-likeness (QED) is 0.867. The number of hydrogen-bond acceptors (Lipinski definition) is 6. The minimum absolute atomic E-state index is 0.133. The van der Waals surface area contributed by atoms with Crippen molar-refractivity contribution in [3.05, 3.63) is 16.1 Å². The SMILES string of the molecule is CC(C)C1SCC(C(=O)O)N1C(=O)c1csc(CN)n1. The van der Waals surface area contributed by atoms with Crippen molar-refractivity contribution in [2.45, 2.75) is 31.8 Å². The second-order valence-electron chi connectivity index (χ2n) is 4.86. The van der Waals surface area contributed by atoms with Crippen molar-refractivity contribution < 1.29 is 14.7 Å².